The molecule has 0 heterocycles. The van der Waals surface area contributed by atoms with Gasteiger partial charge in [-0.3, -0.25) is 14.4 Å². The minimum atomic E-state index is -1.11. The molecule has 8 heteroatoms. The molecule has 0 unspecified atom stereocenters. The highest BCUT2D eigenvalue weighted by Gasteiger charge is 2.21. The van der Waals surface area contributed by atoms with E-state index in [-0.39, 0.29) is 29.7 Å². The van der Waals surface area contributed by atoms with Crippen LogP contribution in [0.15, 0.2) is 23.4 Å². The van der Waals surface area contributed by atoms with Crippen LogP contribution < -0.4 is 5.73 Å². The summed E-state index contributed by atoms with van der Waals surface area (Å²) in [5.41, 5.74) is 5.01. The molecule has 0 aliphatic carbocycles. The quantitative estimate of drug-likeness (QED) is 0.240. The van der Waals surface area contributed by atoms with Crippen molar-refractivity contribution in [3.05, 3.63) is 29.3 Å². The van der Waals surface area contributed by atoms with Crippen LogP contribution in [0.1, 0.15) is 28.8 Å². The number of carboxylic acid groups (broad SMARTS) is 1. The minimum Gasteiger partial charge on any atom is -0.507 e. The summed E-state index contributed by atoms with van der Waals surface area (Å²) in [6, 6.07) is 2.40. The molecule has 0 spiro atoms. The fraction of sp³-hybridized carbons (Fsp3) is 0.231. The molecule has 1 atom stereocenters. The van der Waals surface area contributed by atoms with Gasteiger partial charge in [0, 0.05) is 12.0 Å². The number of carboxylic acids is 1. The maximum Gasteiger partial charge on any atom is 0.303 e. The van der Waals surface area contributed by atoms with Crippen LogP contribution in [0.5, 0.6) is 5.75 Å². The number of nitrogens with zero attached hydrogens (tertiary/aromatic N) is 1. The second-order valence-corrected chi connectivity index (χ2v) is 4.19. The van der Waals surface area contributed by atoms with E-state index in [1.54, 1.807) is 0 Å². The molecule has 0 amide bonds. The lowest BCUT2D eigenvalue weighted by molar-refractivity contribution is -0.137. The van der Waals surface area contributed by atoms with Gasteiger partial charge in [-0.2, -0.15) is 0 Å². The van der Waals surface area contributed by atoms with Crippen LogP contribution in [0, 0.1) is 0 Å². The van der Waals surface area contributed by atoms with Gasteiger partial charge < -0.3 is 21.2 Å². The van der Waals surface area contributed by atoms with Crippen LogP contribution in [0.3, 0.4) is 0 Å². The van der Waals surface area contributed by atoms with Crippen molar-refractivity contribution in [2.45, 2.75) is 18.9 Å². The van der Waals surface area contributed by atoms with Crippen molar-refractivity contribution in [2.75, 3.05) is 0 Å². The van der Waals surface area contributed by atoms with Crippen molar-refractivity contribution in [2.24, 2.45) is 10.9 Å². The van der Waals surface area contributed by atoms with E-state index in [9.17, 15) is 19.5 Å². The summed E-state index contributed by atoms with van der Waals surface area (Å²) in [5.74, 6) is -2.15. The van der Waals surface area contributed by atoms with Crippen LogP contribution in [0.4, 0.5) is 0 Å². The molecular weight excluding hydrogens is 280 g/mol. The van der Waals surface area contributed by atoms with Crippen LogP contribution in [0.25, 0.3) is 0 Å². The number of oxime groups is 1. The zero-order chi connectivity index (χ0) is 16.0. The van der Waals surface area contributed by atoms with E-state index < -0.39 is 23.5 Å². The Kier molecular flexibility index (Phi) is 5.56. The maximum atomic E-state index is 12.1. The smallest absolute Gasteiger partial charge is 0.303 e. The van der Waals surface area contributed by atoms with Crippen LogP contribution in [-0.4, -0.2) is 45.2 Å². The first-order valence-corrected chi connectivity index (χ1v) is 5.86. The lowest BCUT2D eigenvalue weighted by Crippen LogP contribution is -2.31. The number of benzene rings is 1. The number of phenolic OH excluding ortho intramolecular Hbond substituents is 1. The number of carbonyl (C=O) groups is 2. The predicted molar refractivity (Wildman–Crippen MR) is 71.3 cm³/mol. The molecule has 1 radical (unpaired) electrons. The number of Topliss-reactive ketones (excluding diaryl/α,β-unsaturated/α-hetero) is 1. The Hall–Kier alpha value is -2.74. The third kappa shape index (κ3) is 4.11. The van der Waals surface area contributed by atoms with E-state index in [0.717, 1.165) is 12.1 Å². The van der Waals surface area contributed by atoms with Gasteiger partial charge in [0.25, 0.3) is 6.29 Å². The Morgan fingerprint density at radius 2 is 2.05 bits per heavy atom. The van der Waals surface area contributed by atoms with Gasteiger partial charge in [-0.1, -0.05) is 5.16 Å². The van der Waals surface area contributed by atoms with E-state index >= 15 is 0 Å². The van der Waals surface area contributed by atoms with Gasteiger partial charge >= 0.3 is 5.97 Å². The summed E-state index contributed by atoms with van der Waals surface area (Å²) in [7, 11) is 0. The van der Waals surface area contributed by atoms with Crippen molar-refractivity contribution in [1.82, 2.24) is 0 Å². The molecule has 1 aromatic rings. The van der Waals surface area contributed by atoms with E-state index in [4.69, 9.17) is 16.0 Å². The van der Waals surface area contributed by atoms with Gasteiger partial charge in [0.1, 0.15) is 5.75 Å². The zero-order valence-corrected chi connectivity index (χ0v) is 10.8. The highest BCUT2D eigenvalue weighted by atomic mass is 16.4. The summed E-state index contributed by atoms with van der Waals surface area (Å²) in [6.07, 6.45) is 0.980. The molecule has 1 aromatic carbocycles. The van der Waals surface area contributed by atoms with Crippen molar-refractivity contribution in [1.29, 1.82) is 0 Å². The number of hydrogen-bond donors (Lipinski definition) is 4. The number of rotatable bonds is 7. The van der Waals surface area contributed by atoms with Crippen molar-refractivity contribution in [3.63, 3.8) is 0 Å². The third-order valence-corrected chi connectivity index (χ3v) is 2.74. The molecule has 0 saturated heterocycles. The Bertz CT molecular complexity index is 596. The molecular formula is C13H13N2O6. The number of carbonyl (C=O) groups excluding carboxylic acids is 2. The summed E-state index contributed by atoms with van der Waals surface area (Å²) in [6.45, 7) is 0. The van der Waals surface area contributed by atoms with E-state index in [1.165, 1.54) is 12.4 Å². The zero-order valence-electron chi connectivity index (χ0n) is 10.8. The van der Waals surface area contributed by atoms with Crippen LogP contribution >= 0.6 is 0 Å². The van der Waals surface area contributed by atoms with Crippen LogP contribution in [-0.2, 0) is 9.59 Å². The van der Waals surface area contributed by atoms with Crippen molar-refractivity contribution in [3.8, 4) is 5.75 Å². The second-order valence-electron chi connectivity index (χ2n) is 4.19. The normalized spacial score (nSPS) is 12.7. The topological polar surface area (TPSA) is 150 Å². The number of phenols is 1. The van der Waals surface area contributed by atoms with Gasteiger partial charge in [0.2, 0.25) is 0 Å². The molecule has 5 N–H and O–H groups in total. The van der Waals surface area contributed by atoms with E-state index in [2.05, 4.69) is 5.16 Å². The highest BCUT2D eigenvalue weighted by Crippen LogP contribution is 2.21. The second kappa shape index (κ2) is 7.15. The standard InChI is InChI=1S/C13H13N2O6/c14-9(2-4-12(18)19)13(20)8-5-7(1-3-11(8)17)10(6-16)15-21/h1,3,5,9,17,21H,2,4,14H2,(H,18,19)/t9-/m1/s1. The maximum absolute atomic E-state index is 12.1. The predicted octanol–water partition coefficient (Wildman–Crippen LogP) is 0.0550. The van der Waals surface area contributed by atoms with Gasteiger partial charge in [-0.25, -0.2) is 0 Å². The first-order valence-electron chi connectivity index (χ1n) is 5.86. The van der Waals surface area contributed by atoms with Gasteiger partial charge in [0.15, 0.2) is 11.5 Å². The molecule has 0 aromatic heterocycles. The fourth-order valence-corrected chi connectivity index (χ4v) is 1.63. The third-order valence-electron chi connectivity index (χ3n) is 2.74. The van der Waals surface area contributed by atoms with Crippen molar-refractivity contribution >= 4 is 23.8 Å². The molecule has 0 bridgehead atoms. The first kappa shape index (κ1) is 16.3. The first-order chi connectivity index (χ1) is 9.90. The SMILES string of the molecule is N[C@H](CCC(=O)O)C(=O)c1cc(C([C]=O)=NO)ccc1O. The number of ketones is 1. The number of nitrogens with two attached hydrogens (primary N) is 1. The van der Waals surface area contributed by atoms with Gasteiger partial charge in [-0.15, -0.1) is 0 Å². The van der Waals surface area contributed by atoms with E-state index in [0.29, 0.717) is 0 Å². The molecule has 0 aliphatic heterocycles. The Morgan fingerprint density at radius 3 is 2.57 bits per heavy atom. The number of aromatic hydroxyl groups is 1. The van der Waals surface area contributed by atoms with Gasteiger partial charge in [0.05, 0.1) is 11.6 Å². The van der Waals surface area contributed by atoms with Crippen LogP contribution in [0.2, 0.25) is 0 Å². The Morgan fingerprint density at radius 1 is 1.38 bits per heavy atom. The number of aliphatic carboxylic acids is 1. The fourth-order valence-electron chi connectivity index (χ4n) is 1.63. The van der Waals surface area contributed by atoms with Crippen molar-refractivity contribution < 1.29 is 29.8 Å². The average Bonchev–Trinajstić information content (AvgIpc) is 2.46. The summed E-state index contributed by atoms with van der Waals surface area (Å²) in [5, 5.41) is 29.5. The molecule has 0 fully saturated rings. The monoisotopic (exact) mass is 293 g/mol. The average molecular weight is 293 g/mol. The molecule has 21 heavy (non-hydrogen) atoms. The minimum absolute atomic E-state index is 0.0686. The Labute approximate surface area is 119 Å². The lowest BCUT2D eigenvalue weighted by atomic mass is 9.97. The summed E-state index contributed by atoms with van der Waals surface area (Å²) < 4.78 is 0. The molecule has 1 rings (SSSR count). The summed E-state index contributed by atoms with van der Waals surface area (Å²) >= 11 is 0. The van der Waals surface area contributed by atoms with Gasteiger partial charge in [-0.05, 0) is 24.6 Å². The molecule has 111 valence electrons. The number of hydrogen-bond acceptors (Lipinski definition) is 7. The molecule has 8 nitrogen and oxygen atoms in total. The molecule has 0 saturated carbocycles. The lowest BCUT2D eigenvalue weighted by Gasteiger charge is -2.11. The molecule has 0 aliphatic rings. The highest BCUT2D eigenvalue weighted by molar-refractivity contribution is 6.36. The largest absolute Gasteiger partial charge is 0.507 e. The summed E-state index contributed by atoms with van der Waals surface area (Å²) in [4.78, 5) is 33.1. The Balaban J connectivity index is 3.06. The van der Waals surface area contributed by atoms with E-state index in [1.807, 2.05) is 0 Å².